The summed E-state index contributed by atoms with van der Waals surface area (Å²) >= 11 is 7.68. The first-order chi connectivity index (χ1) is 11.9. The van der Waals surface area contributed by atoms with Gasteiger partial charge in [-0.2, -0.15) is 19.8 Å². The van der Waals surface area contributed by atoms with E-state index < -0.39 is 0 Å². The molecule has 0 atom stereocenters. The first-order valence-electron chi connectivity index (χ1n) is 7.90. The van der Waals surface area contributed by atoms with Crippen LogP contribution in [0.5, 0.6) is 0 Å². The van der Waals surface area contributed by atoms with E-state index in [0.717, 1.165) is 23.5 Å². The molecule has 0 aliphatic heterocycles. The van der Waals surface area contributed by atoms with Gasteiger partial charge in [-0.3, -0.25) is 9.78 Å². The summed E-state index contributed by atoms with van der Waals surface area (Å²) in [5, 5.41) is 26.1. The molecule has 4 aromatic rings. The molecule has 10 heteroatoms. The van der Waals surface area contributed by atoms with Gasteiger partial charge in [0.05, 0.1) is 16.4 Å². The van der Waals surface area contributed by atoms with Crippen molar-refractivity contribution in [3.63, 3.8) is 0 Å². The van der Waals surface area contributed by atoms with Crippen LogP contribution in [-0.4, -0.2) is 39.8 Å². The van der Waals surface area contributed by atoms with Gasteiger partial charge in [-0.1, -0.05) is 36.8 Å². The van der Waals surface area contributed by atoms with Crippen molar-refractivity contribution in [2.45, 2.75) is 27.2 Å². The molecule has 0 saturated heterocycles. The van der Waals surface area contributed by atoms with Gasteiger partial charge in [0.2, 0.25) is 10.8 Å². The zero-order chi connectivity index (χ0) is 17.7. The van der Waals surface area contributed by atoms with Gasteiger partial charge in [-0.25, -0.2) is 0 Å². The molecule has 0 bridgehead atoms. The average Bonchev–Trinajstić information content (AvgIpc) is 3.25. The van der Waals surface area contributed by atoms with Gasteiger partial charge in [0.25, 0.3) is 0 Å². The SMILES string of the molecule is Cc1[nH]nc(-c2nn3c(-c4cc(CC(C)C)nn4C)nnc3s2)c1Cl. The summed E-state index contributed by atoms with van der Waals surface area (Å²) < 4.78 is 3.54. The smallest absolute Gasteiger partial charge is 0.235 e. The van der Waals surface area contributed by atoms with E-state index in [0.29, 0.717) is 32.4 Å². The molecule has 0 aromatic carbocycles. The molecular weight excluding hydrogens is 360 g/mol. The molecule has 25 heavy (non-hydrogen) atoms. The number of H-pyrrole nitrogens is 1. The molecule has 0 unspecified atom stereocenters. The number of aromatic nitrogens is 8. The van der Waals surface area contributed by atoms with Crippen LogP contribution in [-0.2, 0) is 13.5 Å². The number of nitrogens with zero attached hydrogens (tertiary/aromatic N) is 7. The van der Waals surface area contributed by atoms with Gasteiger partial charge in [0.15, 0.2) is 5.01 Å². The number of hydrogen-bond acceptors (Lipinski definition) is 6. The molecule has 0 aliphatic carbocycles. The maximum atomic E-state index is 6.29. The largest absolute Gasteiger partial charge is 0.281 e. The lowest BCUT2D eigenvalue weighted by molar-refractivity contribution is 0.621. The predicted molar refractivity (Wildman–Crippen MR) is 96.7 cm³/mol. The second-order valence-corrected chi connectivity index (χ2v) is 7.71. The zero-order valence-electron chi connectivity index (χ0n) is 14.3. The van der Waals surface area contributed by atoms with E-state index in [1.54, 1.807) is 4.52 Å². The van der Waals surface area contributed by atoms with Gasteiger partial charge >= 0.3 is 0 Å². The Morgan fingerprint density at radius 2 is 2.08 bits per heavy atom. The average molecular weight is 377 g/mol. The minimum atomic E-state index is 0.539. The van der Waals surface area contributed by atoms with Crippen LogP contribution in [0, 0.1) is 12.8 Å². The number of aromatic amines is 1. The van der Waals surface area contributed by atoms with Crippen molar-refractivity contribution >= 4 is 27.9 Å². The first-order valence-corrected chi connectivity index (χ1v) is 9.10. The standard InChI is InChI=1S/C15H17ClN8S/c1-7(2)5-9-6-10(23(4)21-9)13-19-20-15-24(13)22-14(25-15)12-11(16)8(3)17-18-12/h6-7H,5H2,1-4H3,(H,17,18). The van der Waals surface area contributed by atoms with Crippen molar-refractivity contribution in [1.29, 1.82) is 0 Å². The summed E-state index contributed by atoms with van der Waals surface area (Å²) in [7, 11) is 1.90. The molecule has 0 aliphatic rings. The van der Waals surface area contributed by atoms with E-state index in [-0.39, 0.29) is 0 Å². The van der Waals surface area contributed by atoms with Crippen LogP contribution in [0.25, 0.3) is 27.2 Å². The number of hydrogen-bond donors (Lipinski definition) is 1. The first kappa shape index (κ1) is 16.2. The van der Waals surface area contributed by atoms with Crippen LogP contribution in [0.1, 0.15) is 25.2 Å². The quantitative estimate of drug-likeness (QED) is 0.591. The molecule has 4 heterocycles. The van der Waals surface area contributed by atoms with Gasteiger partial charge in [-0.15, -0.1) is 10.2 Å². The van der Waals surface area contributed by atoms with Gasteiger partial charge in [0.1, 0.15) is 11.4 Å². The number of fused-ring (bicyclic) bond motifs is 1. The topological polar surface area (TPSA) is 89.6 Å². The van der Waals surface area contributed by atoms with Crippen LogP contribution >= 0.6 is 22.9 Å². The van der Waals surface area contributed by atoms with E-state index >= 15 is 0 Å². The maximum Gasteiger partial charge on any atom is 0.235 e. The highest BCUT2D eigenvalue weighted by molar-refractivity contribution is 7.19. The van der Waals surface area contributed by atoms with Crippen LogP contribution in [0.4, 0.5) is 0 Å². The minimum absolute atomic E-state index is 0.539. The van der Waals surface area contributed by atoms with Crippen LogP contribution in [0.2, 0.25) is 5.02 Å². The van der Waals surface area contributed by atoms with Gasteiger partial charge in [0, 0.05) is 7.05 Å². The van der Waals surface area contributed by atoms with Crippen molar-refractivity contribution in [2.24, 2.45) is 13.0 Å². The Morgan fingerprint density at radius 3 is 2.76 bits per heavy atom. The molecular formula is C15H17ClN8S. The molecule has 4 rings (SSSR count). The Balaban J connectivity index is 1.79. The molecule has 1 N–H and O–H groups in total. The van der Waals surface area contributed by atoms with Crippen molar-refractivity contribution in [2.75, 3.05) is 0 Å². The van der Waals surface area contributed by atoms with Crippen molar-refractivity contribution < 1.29 is 0 Å². The number of halogens is 1. The lowest BCUT2D eigenvalue weighted by Crippen LogP contribution is -1.99. The second-order valence-electron chi connectivity index (χ2n) is 6.38. The summed E-state index contributed by atoms with van der Waals surface area (Å²) in [5.41, 5.74) is 3.36. The van der Waals surface area contributed by atoms with Crippen molar-refractivity contribution in [1.82, 2.24) is 39.8 Å². The fourth-order valence-corrected chi connectivity index (χ4v) is 3.75. The van der Waals surface area contributed by atoms with E-state index in [9.17, 15) is 0 Å². The van der Waals surface area contributed by atoms with Crippen LogP contribution in [0.15, 0.2) is 6.07 Å². The molecule has 0 amide bonds. The summed E-state index contributed by atoms with van der Waals surface area (Å²) in [6.07, 6.45) is 0.917. The molecule has 0 radical (unpaired) electrons. The lowest BCUT2D eigenvalue weighted by Gasteiger charge is -1.98. The van der Waals surface area contributed by atoms with Crippen molar-refractivity contribution in [3.05, 3.63) is 22.5 Å². The third kappa shape index (κ3) is 2.73. The summed E-state index contributed by atoms with van der Waals surface area (Å²) in [6.45, 7) is 6.22. The zero-order valence-corrected chi connectivity index (χ0v) is 15.9. The molecule has 4 aromatic heterocycles. The number of aryl methyl sites for hydroxylation is 2. The molecule has 0 saturated carbocycles. The second kappa shape index (κ2) is 5.92. The Kier molecular flexibility index (Phi) is 3.84. The number of rotatable bonds is 4. The van der Waals surface area contributed by atoms with E-state index in [2.05, 4.69) is 44.4 Å². The normalized spacial score (nSPS) is 11.9. The Hall–Kier alpha value is -2.26. The fraction of sp³-hybridized carbons (Fsp3) is 0.400. The molecule has 8 nitrogen and oxygen atoms in total. The summed E-state index contributed by atoms with van der Waals surface area (Å²) in [6, 6.07) is 2.04. The monoisotopic (exact) mass is 376 g/mol. The minimum Gasteiger partial charge on any atom is -0.281 e. The fourth-order valence-electron chi connectivity index (χ4n) is 2.68. The third-order valence-electron chi connectivity index (χ3n) is 3.84. The van der Waals surface area contributed by atoms with Crippen LogP contribution < -0.4 is 0 Å². The van der Waals surface area contributed by atoms with Gasteiger partial charge < -0.3 is 0 Å². The number of nitrogens with one attached hydrogen (secondary N) is 1. The predicted octanol–water partition coefficient (Wildman–Crippen LogP) is 3.14. The Morgan fingerprint density at radius 1 is 1.28 bits per heavy atom. The highest BCUT2D eigenvalue weighted by Gasteiger charge is 2.21. The maximum absolute atomic E-state index is 6.29. The highest BCUT2D eigenvalue weighted by Crippen LogP contribution is 2.32. The van der Waals surface area contributed by atoms with E-state index in [1.165, 1.54) is 11.3 Å². The van der Waals surface area contributed by atoms with Crippen molar-refractivity contribution in [3.8, 4) is 22.2 Å². The highest BCUT2D eigenvalue weighted by atomic mass is 35.5. The van der Waals surface area contributed by atoms with E-state index in [4.69, 9.17) is 11.6 Å². The Bertz CT molecular complexity index is 1050. The summed E-state index contributed by atoms with van der Waals surface area (Å²) in [4.78, 5) is 0.688. The molecule has 0 spiro atoms. The summed E-state index contributed by atoms with van der Waals surface area (Å²) in [5.74, 6) is 1.20. The van der Waals surface area contributed by atoms with Crippen LogP contribution in [0.3, 0.4) is 0 Å². The molecule has 130 valence electrons. The van der Waals surface area contributed by atoms with Gasteiger partial charge in [-0.05, 0) is 25.3 Å². The van der Waals surface area contributed by atoms with E-state index in [1.807, 2.05) is 24.7 Å². The molecule has 0 fully saturated rings. The Labute approximate surface area is 152 Å². The lowest BCUT2D eigenvalue weighted by atomic mass is 10.1. The third-order valence-corrected chi connectivity index (χ3v) is 5.21.